The molecule has 0 saturated carbocycles. The van der Waals surface area contributed by atoms with Gasteiger partial charge in [0, 0.05) is 55.2 Å². The largest absolute Gasteiger partial charge is 0.454 e. The number of aryl methyl sites for hydroxylation is 4. The first-order valence-electron chi connectivity index (χ1n) is 24.3. The first kappa shape index (κ1) is 39.3. The SMILES string of the molecule is Cc1cc(C)cc(N(c2ccc3c4c2C2C=CC=CC2N4c2ccc(N(c4cc(C)cc(C)c4)c4cccc5c4oc4ccccc45)c4c5ccccc5n-3c24)c2cccc3c2oc2ccccc23)c1. The molecule has 5 heterocycles. The fraction of sp³-hybridized carbons (Fsp3) is 0.0938. The standard InChI is InChI=1S/C64H46N4O2/c1-37-31-38(2)34-41(33-37)65(55-23-13-19-45-43-15-7-11-25-57(43)69-63(45)55)51-27-29-53-61-59(51)47-17-5-9-21-49(47)67(61)54-30-28-52(60-48-18-6-10-22-50(48)68(53)62(54)60)66(42-35-39(3)32-40(4)36-42)56-24-14-20-46-44-16-8-12-26-58(44)70-64(46)56/h5-36,47,49H,1-4H3. The normalized spacial score (nSPS) is 15.6. The van der Waals surface area contributed by atoms with Gasteiger partial charge in [0.2, 0.25) is 0 Å². The minimum atomic E-state index is 0.0450. The van der Waals surface area contributed by atoms with E-state index in [4.69, 9.17) is 8.83 Å². The predicted octanol–water partition coefficient (Wildman–Crippen LogP) is 17.8. The van der Waals surface area contributed by atoms with Gasteiger partial charge in [-0.1, -0.05) is 115 Å². The maximum absolute atomic E-state index is 6.85. The van der Waals surface area contributed by atoms with Gasteiger partial charge in [-0.2, -0.15) is 0 Å². The van der Waals surface area contributed by atoms with E-state index in [9.17, 15) is 0 Å². The maximum atomic E-state index is 6.85. The van der Waals surface area contributed by atoms with Crippen LogP contribution in [0.25, 0.3) is 71.4 Å². The monoisotopic (exact) mass is 902 g/mol. The Labute approximate surface area is 404 Å². The van der Waals surface area contributed by atoms with E-state index in [1.165, 1.54) is 66.7 Å². The van der Waals surface area contributed by atoms with Gasteiger partial charge in [0.25, 0.3) is 0 Å². The average Bonchev–Trinajstić information content (AvgIpc) is 4.14. The van der Waals surface area contributed by atoms with Crippen LogP contribution in [0.4, 0.5) is 45.5 Å². The molecule has 1 aliphatic carbocycles. The fourth-order valence-corrected chi connectivity index (χ4v) is 12.6. The molecule has 0 radical (unpaired) electrons. The van der Waals surface area contributed by atoms with E-state index >= 15 is 0 Å². The maximum Gasteiger partial charge on any atom is 0.159 e. The van der Waals surface area contributed by atoms with E-state index < -0.39 is 0 Å². The van der Waals surface area contributed by atoms with Crippen LogP contribution in [-0.2, 0) is 0 Å². The van der Waals surface area contributed by atoms with Crippen LogP contribution in [0.3, 0.4) is 0 Å². The van der Waals surface area contributed by atoms with Crippen molar-refractivity contribution in [1.82, 2.24) is 4.57 Å². The van der Waals surface area contributed by atoms with Gasteiger partial charge >= 0.3 is 0 Å². The number of hydrogen-bond donors (Lipinski definition) is 0. The number of para-hydroxylation sites is 5. The van der Waals surface area contributed by atoms with Crippen LogP contribution < -0.4 is 14.7 Å². The molecule has 0 saturated heterocycles. The molecule has 3 aliphatic rings. The Hall–Kier alpha value is -8.74. The van der Waals surface area contributed by atoms with Crippen molar-refractivity contribution in [1.29, 1.82) is 0 Å². The molecule has 70 heavy (non-hydrogen) atoms. The Morgan fingerprint density at radius 2 is 0.957 bits per heavy atom. The van der Waals surface area contributed by atoms with Gasteiger partial charge in [-0.05, 0) is 129 Å². The highest BCUT2D eigenvalue weighted by Crippen LogP contribution is 2.61. The number of nitrogens with zero attached hydrogens (tertiary/aromatic N) is 4. The zero-order valence-electron chi connectivity index (χ0n) is 39.2. The van der Waals surface area contributed by atoms with Crippen LogP contribution >= 0.6 is 0 Å². The number of hydrogen-bond acceptors (Lipinski definition) is 5. The summed E-state index contributed by atoms with van der Waals surface area (Å²) in [4.78, 5) is 7.56. The number of rotatable bonds is 6. The fourth-order valence-electron chi connectivity index (χ4n) is 12.6. The van der Waals surface area contributed by atoms with Crippen LogP contribution in [0.15, 0.2) is 203 Å². The lowest BCUT2D eigenvalue weighted by Gasteiger charge is -2.35. The molecule has 2 atom stereocenters. The highest BCUT2D eigenvalue weighted by Gasteiger charge is 2.46. The molecule has 2 unspecified atom stereocenters. The molecule has 6 nitrogen and oxygen atoms in total. The van der Waals surface area contributed by atoms with Gasteiger partial charge in [-0.15, -0.1) is 0 Å². The Balaban J connectivity index is 1.03. The Kier molecular flexibility index (Phi) is 8.07. The van der Waals surface area contributed by atoms with Crippen LogP contribution in [0, 0.1) is 27.7 Å². The summed E-state index contributed by atoms with van der Waals surface area (Å²) >= 11 is 0. The number of aromatic nitrogens is 1. The van der Waals surface area contributed by atoms with E-state index in [0.717, 1.165) is 78.0 Å². The first-order chi connectivity index (χ1) is 34.4. The molecule has 0 bridgehead atoms. The topological polar surface area (TPSA) is 40.9 Å². The molecule has 6 heteroatoms. The zero-order valence-corrected chi connectivity index (χ0v) is 39.2. The second kappa shape index (κ2) is 14.4. The lowest BCUT2D eigenvalue weighted by atomic mass is 9.89. The van der Waals surface area contributed by atoms with E-state index in [1.807, 2.05) is 0 Å². The van der Waals surface area contributed by atoms with Crippen molar-refractivity contribution in [3.8, 4) is 5.69 Å². The van der Waals surface area contributed by atoms with E-state index in [2.05, 4.69) is 241 Å². The molecule has 12 aromatic rings. The van der Waals surface area contributed by atoms with Gasteiger partial charge in [-0.25, -0.2) is 0 Å². The quantitative estimate of drug-likeness (QED) is 0.166. The smallest absolute Gasteiger partial charge is 0.159 e. The summed E-state index contributed by atoms with van der Waals surface area (Å²) in [7, 11) is 0. The average molecular weight is 903 g/mol. The van der Waals surface area contributed by atoms with Crippen LogP contribution in [0.5, 0.6) is 0 Å². The molecule has 3 aromatic heterocycles. The van der Waals surface area contributed by atoms with Crippen molar-refractivity contribution in [3.05, 3.63) is 222 Å². The van der Waals surface area contributed by atoms with Crippen LogP contribution in [-0.4, -0.2) is 10.6 Å². The summed E-state index contributed by atoms with van der Waals surface area (Å²) in [6, 6.07) is 62.2. The summed E-state index contributed by atoms with van der Waals surface area (Å²) < 4.78 is 16.2. The van der Waals surface area contributed by atoms with Crippen molar-refractivity contribution in [3.63, 3.8) is 0 Å². The van der Waals surface area contributed by atoms with Crippen molar-refractivity contribution < 1.29 is 8.83 Å². The molecule has 0 spiro atoms. The van der Waals surface area contributed by atoms with Crippen molar-refractivity contribution in [2.24, 2.45) is 0 Å². The predicted molar refractivity (Wildman–Crippen MR) is 291 cm³/mol. The lowest BCUT2D eigenvalue weighted by Crippen LogP contribution is -2.31. The number of furan rings is 2. The van der Waals surface area contributed by atoms with Gasteiger partial charge in [-0.3, -0.25) is 0 Å². The third-order valence-electron chi connectivity index (χ3n) is 15.1. The zero-order chi connectivity index (χ0) is 46.5. The number of benzene rings is 9. The number of anilines is 8. The summed E-state index contributed by atoms with van der Waals surface area (Å²) in [5.74, 6) is 0.0706. The molecule has 2 aliphatic heterocycles. The van der Waals surface area contributed by atoms with Crippen LogP contribution in [0.2, 0.25) is 0 Å². The second-order valence-corrected chi connectivity index (χ2v) is 19.6. The van der Waals surface area contributed by atoms with Crippen molar-refractivity contribution in [2.75, 3.05) is 14.7 Å². The minimum absolute atomic E-state index is 0.0450. The van der Waals surface area contributed by atoms with Gasteiger partial charge in [0.15, 0.2) is 11.2 Å². The highest BCUT2D eigenvalue weighted by molar-refractivity contribution is 6.23. The van der Waals surface area contributed by atoms with Gasteiger partial charge in [0.05, 0.1) is 56.9 Å². The molecule has 0 amide bonds. The lowest BCUT2D eigenvalue weighted by molar-refractivity contribution is 0.668. The number of allylic oxidation sites excluding steroid dienone is 2. The van der Waals surface area contributed by atoms with Crippen LogP contribution in [0.1, 0.15) is 33.7 Å². The molecule has 0 N–H and O–H groups in total. The molecule has 15 rings (SSSR count). The first-order valence-corrected chi connectivity index (χ1v) is 24.3. The van der Waals surface area contributed by atoms with Crippen molar-refractivity contribution >= 4 is 111 Å². The summed E-state index contributed by atoms with van der Waals surface area (Å²) in [5.41, 5.74) is 22.0. The Bertz CT molecular complexity index is 4250. The van der Waals surface area contributed by atoms with E-state index in [0.29, 0.717) is 0 Å². The Morgan fingerprint density at radius 1 is 0.443 bits per heavy atom. The summed E-state index contributed by atoms with van der Waals surface area (Å²) in [5, 5.41) is 6.83. The number of fused-ring (bicyclic) bond motifs is 14. The molecule has 0 fully saturated rings. The summed E-state index contributed by atoms with van der Waals surface area (Å²) in [6.45, 7) is 8.77. The highest BCUT2D eigenvalue weighted by atomic mass is 16.3. The minimum Gasteiger partial charge on any atom is -0.454 e. The van der Waals surface area contributed by atoms with E-state index in [1.54, 1.807) is 0 Å². The molecule has 9 aromatic carbocycles. The van der Waals surface area contributed by atoms with Gasteiger partial charge in [0.1, 0.15) is 11.2 Å². The molecular formula is C64H46N4O2. The Morgan fingerprint density at radius 3 is 1.59 bits per heavy atom. The second-order valence-electron chi connectivity index (χ2n) is 19.6. The third-order valence-corrected chi connectivity index (χ3v) is 15.1. The van der Waals surface area contributed by atoms with Gasteiger partial charge < -0.3 is 28.1 Å². The molecular weight excluding hydrogens is 857 g/mol. The third kappa shape index (κ3) is 5.39. The van der Waals surface area contributed by atoms with Crippen molar-refractivity contribution in [2.45, 2.75) is 39.7 Å². The summed E-state index contributed by atoms with van der Waals surface area (Å²) in [6.07, 6.45) is 9.28. The molecule has 334 valence electrons. The van der Waals surface area contributed by atoms with E-state index in [-0.39, 0.29) is 12.0 Å².